The van der Waals surface area contributed by atoms with E-state index < -0.39 is 11.9 Å². The molecular formula is C14H23NO3S. The van der Waals surface area contributed by atoms with Crippen LogP contribution in [0.2, 0.25) is 0 Å². The lowest BCUT2D eigenvalue weighted by molar-refractivity contribution is -0.148. The monoisotopic (exact) mass is 285 g/mol. The van der Waals surface area contributed by atoms with E-state index in [1.807, 2.05) is 11.8 Å². The van der Waals surface area contributed by atoms with E-state index in [0.29, 0.717) is 13.0 Å². The maximum Gasteiger partial charge on any atom is 0.307 e. The molecule has 4 nitrogen and oxygen atoms in total. The zero-order valence-electron chi connectivity index (χ0n) is 11.5. The lowest BCUT2D eigenvalue weighted by Crippen LogP contribution is -2.48. The van der Waals surface area contributed by atoms with E-state index in [-0.39, 0.29) is 16.6 Å². The minimum atomic E-state index is -0.817. The molecule has 2 fully saturated rings. The molecule has 2 aliphatic carbocycles. The molecular weight excluding hydrogens is 262 g/mol. The van der Waals surface area contributed by atoms with Crippen LogP contribution in [-0.2, 0) is 9.59 Å². The highest BCUT2D eigenvalue weighted by molar-refractivity contribution is 8.00. The molecule has 108 valence electrons. The fraction of sp³-hybridized carbons (Fsp3) is 0.857. The second-order valence-electron chi connectivity index (χ2n) is 5.79. The molecule has 0 heterocycles. The number of aliphatic carboxylic acids is 1. The van der Waals surface area contributed by atoms with E-state index in [0.717, 1.165) is 32.1 Å². The van der Waals surface area contributed by atoms with E-state index in [2.05, 4.69) is 11.6 Å². The number of carboxylic acids is 1. The smallest absolute Gasteiger partial charge is 0.307 e. The van der Waals surface area contributed by atoms with Crippen molar-refractivity contribution in [1.29, 1.82) is 0 Å². The first-order chi connectivity index (χ1) is 9.08. The first-order valence-corrected chi connectivity index (χ1v) is 8.36. The lowest BCUT2D eigenvalue weighted by Gasteiger charge is -2.41. The summed E-state index contributed by atoms with van der Waals surface area (Å²) in [7, 11) is 0. The van der Waals surface area contributed by atoms with Crippen LogP contribution < -0.4 is 5.32 Å². The highest BCUT2D eigenvalue weighted by atomic mass is 32.2. The molecule has 0 spiro atoms. The molecule has 0 aromatic carbocycles. The van der Waals surface area contributed by atoms with E-state index in [1.165, 1.54) is 6.42 Å². The minimum Gasteiger partial charge on any atom is -0.481 e. The van der Waals surface area contributed by atoms with E-state index in [1.54, 1.807) is 0 Å². The summed E-state index contributed by atoms with van der Waals surface area (Å²) in [5, 5.41) is 12.2. The number of amides is 1. The van der Waals surface area contributed by atoms with Crippen LogP contribution in [-0.4, -0.2) is 34.5 Å². The second kappa shape index (κ2) is 6.16. The van der Waals surface area contributed by atoms with E-state index >= 15 is 0 Å². The van der Waals surface area contributed by atoms with Gasteiger partial charge in [-0.05, 0) is 31.9 Å². The molecule has 0 aliphatic heterocycles. The maximum absolute atomic E-state index is 12.2. The van der Waals surface area contributed by atoms with Gasteiger partial charge in [-0.3, -0.25) is 9.59 Å². The van der Waals surface area contributed by atoms with Gasteiger partial charge in [-0.25, -0.2) is 0 Å². The summed E-state index contributed by atoms with van der Waals surface area (Å²) in [5.41, 5.74) is 0. The van der Waals surface area contributed by atoms with Crippen molar-refractivity contribution in [2.24, 2.45) is 11.8 Å². The van der Waals surface area contributed by atoms with Crippen LogP contribution in [0.25, 0.3) is 0 Å². The van der Waals surface area contributed by atoms with Crippen molar-refractivity contribution >= 4 is 23.6 Å². The van der Waals surface area contributed by atoms with Crippen LogP contribution in [0.4, 0.5) is 0 Å². The van der Waals surface area contributed by atoms with Crippen LogP contribution >= 0.6 is 11.8 Å². The van der Waals surface area contributed by atoms with Crippen molar-refractivity contribution in [1.82, 2.24) is 5.32 Å². The fourth-order valence-corrected chi connectivity index (χ4v) is 4.06. The zero-order valence-corrected chi connectivity index (χ0v) is 12.3. The van der Waals surface area contributed by atoms with Gasteiger partial charge < -0.3 is 10.4 Å². The number of carbonyl (C=O) groups excluding carboxylic acids is 1. The van der Waals surface area contributed by atoms with Gasteiger partial charge in [-0.1, -0.05) is 19.3 Å². The third-order valence-corrected chi connectivity index (χ3v) is 6.12. The van der Waals surface area contributed by atoms with Crippen molar-refractivity contribution < 1.29 is 14.7 Å². The number of carboxylic acid groups (broad SMARTS) is 1. The molecule has 2 N–H and O–H groups in total. The van der Waals surface area contributed by atoms with Gasteiger partial charge in [0.1, 0.15) is 0 Å². The molecule has 0 saturated heterocycles. The number of hydrogen-bond acceptors (Lipinski definition) is 3. The fourth-order valence-electron chi connectivity index (χ4n) is 3.14. The van der Waals surface area contributed by atoms with Gasteiger partial charge >= 0.3 is 5.97 Å². The van der Waals surface area contributed by atoms with Crippen LogP contribution in [0.3, 0.4) is 0 Å². The topological polar surface area (TPSA) is 66.4 Å². The molecule has 5 heteroatoms. The Morgan fingerprint density at radius 2 is 1.84 bits per heavy atom. The Kier molecular flexibility index (Phi) is 4.76. The summed E-state index contributed by atoms with van der Waals surface area (Å²) in [6, 6.07) is 0. The Bertz CT molecular complexity index is 349. The van der Waals surface area contributed by atoms with Crippen LogP contribution in [0.5, 0.6) is 0 Å². The quantitative estimate of drug-likeness (QED) is 0.813. The molecule has 2 rings (SSSR count). The van der Waals surface area contributed by atoms with Gasteiger partial charge in [0, 0.05) is 11.3 Å². The molecule has 0 bridgehead atoms. The molecule has 2 aliphatic rings. The number of thioether (sulfide) groups is 1. The summed E-state index contributed by atoms with van der Waals surface area (Å²) >= 11 is 1.82. The lowest BCUT2D eigenvalue weighted by atomic mass is 9.78. The zero-order chi connectivity index (χ0) is 13.9. The Morgan fingerprint density at radius 3 is 2.32 bits per heavy atom. The average molecular weight is 285 g/mol. The summed E-state index contributed by atoms with van der Waals surface area (Å²) in [4.78, 5) is 23.4. The summed E-state index contributed by atoms with van der Waals surface area (Å²) in [5.74, 6) is -1.68. The number of hydrogen-bond donors (Lipinski definition) is 2. The van der Waals surface area contributed by atoms with Gasteiger partial charge in [0.25, 0.3) is 0 Å². The standard InChI is InChI=1S/C14H23NO3S/c1-19-14(7-4-8-14)9-15-12(16)10-5-2-3-6-11(10)13(17)18/h10-11H,2-9H2,1H3,(H,15,16)(H,17,18)/t10-,11+/m1/s1. The highest BCUT2D eigenvalue weighted by Gasteiger charge is 2.39. The third kappa shape index (κ3) is 3.25. The number of rotatable bonds is 5. The first kappa shape index (κ1) is 14.7. The van der Waals surface area contributed by atoms with Gasteiger partial charge in [0.2, 0.25) is 5.91 Å². The van der Waals surface area contributed by atoms with Gasteiger partial charge in [-0.2, -0.15) is 11.8 Å². The van der Waals surface area contributed by atoms with Gasteiger partial charge in [-0.15, -0.1) is 0 Å². The van der Waals surface area contributed by atoms with Crippen LogP contribution in [0.1, 0.15) is 44.9 Å². The first-order valence-electron chi connectivity index (χ1n) is 7.14. The van der Waals surface area contributed by atoms with Gasteiger partial charge in [0.15, 0.2) is 0 Å². The molecule has 0 aromatic rings. The normalized spacial score (nSPS) is 29.3. The minimum absolute atomic E-state index is 0.0487. The number of carbonyl (C=O) groups is 2. The molecule has 1 amide bonds. The number of nitrogens with one attached hydrogen (secondary N) is 1. The molecule has 2 atom stereocenters. The molecule has 0 aromatic heterocycles. The maximum atomic E-state index is 12.2. The SMILES string of the molecule is CSC1(CNC(=O)[C@@H]2CCCC[C@@H]2C(=O)O)CCC1. The largest absolute Gasteiger partial charge is 0.481 e. The van der Waals surface area contributed by atoms with E-state index in [4.69, 9.17) is 0 Å². The Hall–Kier alpha value is -0.710. The van der Waals surface area contributed by atoms with Crippen LogP contribution in [0.15, 0.2) is 0 Å². The summed E-state index contributed by atoms with van der Waals surface area (Å²) in [6.45, 7) is 0.690. The summed E-state index contributed by atoms with van der Waals surface area (Å²) < 4.78 is 0.211. The van der Waals surface area contributed by atoms with Gasteiger partial charge in [0.05, 0.1) is 11.8 Å². The second-order valence-corrected chi connectivity index (χ2v) is 7.07. The van der Waals surface area contributed by atoms with Crippen molar-refractivity contribution in [2.75, 3.05) is 12.8 Å². The third-order valence-electron chi connectivity index (χ3n) is 4.70. The Labute approximate surface area is 118 Å². The molecule has 0 radical (unpaired) electrons. The highest BCUT2D eigenvalue weighted by Crippen LogP contribution is 2.42. The Morgan fingerprint density at radius 1 is 1.21 bits per heavy atom. The molecule has 19 heavy (non-hydrogen) atoms. The summed E-state index contributed by atoms with van der Waals surface area (Å²) in [6.07, 6.45) is 8.88. The van der Waals surface area contributed by atoms with Crippen molar-refractivity contribution in [3.8, 4) is 0 Å². The predicted molar refractivity (Wildman–Crippen MR) is 76.2 cm³/mol. The molecule has 0 unspecified atom stereocenters. The predicted octanol–water partition coefficient (Wildman–Crippen LogP) is 2.28. The van der Waals surface area contributed by atoms with Crippen LogP contribution in [0, 0.1) is 11.8 Å². The van der Waals surface area contributed by atoms with E-state index in [9.17, 15) is 14.7 Å². The average Bonchev–Trinajstić information content (AvgIpc) is 2.37. The molecule has 2 saturated carbocycles. The van der Waals surface area contributed by atoms with Crippen molar-refractivity contribution in [3.05, 3.63) is 0 Å². The Balaban J connectivity index is 1.89. The van der Waals surface area contributed by atoms with Crippen molar-refractivity contribution in [2.45, 2.75) is 49.7 Å². The van der Waals surface area contributed by atoms with Crippen molar-refractivity contribution in [3.63, 3.8) is 0 Å².